The van der Waals surface area contributed by atoms with E-state index < -0.39 is 0 Å². The highest BCUT2D eigenvalue weighted by molar-refractivity contribution is 7.80. The molecule has 2 heterocycles. The van der Waals surface area contributed by atoms with Gasteiger partial charge in [0.15, 0.2) is 5.82 Å². The SMILES string of the molecule is Cc1nnc(N(C)C(C)c2cccs2)c(C(N)=S)c1C. The van der Waals surface area contributed by atoms with Gasteiger partial charge in [0.2, 0.25) is 0 Å². The van der Waals surface area contributed by atoms with Crippen molar-refractivity contribution < 1.29 is 0 Å². The summed E-state index contributed by atoms with van der Waals surface area (Å²) in [5, 5.41) is 10.6. The highest BCUT2D eigenvalue weighted by Gasteiger charge is 2.21. The molecule has 0 radical (unpaired) electrons. The van der Waals surface area contributed by atoms with Crippen LogP contribution in [0.3, 0.4) is 0 Å². The van der Waals surface area contributed by atoms with Gasteiger partial charge in [0, 0.05) is 11.9 Å². The summed E-state index contributed by atoms with van der Waals surface area (Å²) in [5.74, 6) is 0.738. The molecule has 0 spiro atoms. The third-order valence-corrected chi connectivity index (χ3v) is 4.80. The first-order valence-corrected chi connectivity index (χ1v) is 7.62. The Morgan fingerprint density at radius 2 is 2.10 bits per heavy atom. The van der Waals surface area contributed by atoms with Crippen LogP contribution in [0.25, 0.3) is 0 Å². The van der Waals surface area contributed by atoms with Crippen molar-refractivity contribution in [3.05, 3.63) is 39.2 Å². The molecule has 106 valence electrons. The molecule has 2 aromatic rings. The van der Waals surface area contributed by atoms with Gasteiger partial charge in [-0.1, -0.05) is 18.3 Å². The minimum absolute atomic E-state index is 0.194. The average molecular weight is 306 g/mol. The quantitative estimate of drug-likeness (QED) is 0.880. The molecule has 2 aromatic heterocycles. The lowest BCUT2D eigenvalue weighted by atomic mass is 10.1. The smallest absolute Gasteiger partial charge is 0.162 e. The van der Waals surface area contributed by atoms with Crippen LogP contribution in [-0.2, 0) is 0 Å². The lowest BCUT2D eigenvalue weighted by Crippen LogP contribution is -2.27. The third kappa shape index (κ3) is 2.66. The molecule has 0 aromatic carbocycles. The Morgan fingerprint density at radius 1 is 1.40 bits per heavy atom. The molecule has 0 amide bonds. The number of anilines is 1. The highest BCUT2D eigenvalue weighted by atomic mass is 32.1. The van der Waals surface area contributed by atoms with E-state index in [1.54, 1.807) is 11.3 Å². The number of hydrogen-bond acceptors (Lipinski definition) is 5. The normalized spacial score (nSPS) is 12.2. The largest absolute Gasteiger partial charge is 0.389 e. The van der Waals surface area contributed by atoms with Crippen LogP contribution in [0.5, 0.6) is 0 Å². The Balaban J connectivity index is 2.47. The summed E-state index contributed by atoms with van der Waals surface area (Å²) in [6.07, 6.45) is 0. The number of nitrogens with zero attached hydrogens (tertiary/aromatic N) is 3. The Kier molecular flexibility index (Phi) is 4.35. The predicted molar refractivity (Wildman–Crippen MR) is 88.5 cm³/mol. The van der Waals surface area contributed by atoms with Crippen molar-refractivity contribution in [3.8, 4) is 0 Å². The van der Waals surface area contributed by atoms with Crippen LogP contribution in [0.4, 0.5) is 5.82 Å². The molecule has 1 unspecified atom stereocenters. The number of thiocarbonyl (C=S) groups is 1. The van der Waals surface area contributed by atoms with Crippen LogP contribution in [-0.4, -0.2) is 22.2 Å². The molecule has 0 saturated heterocycles. The molecule has 0 aliphatic carbocycles. The Morgan fingerprint density at radius 3 is 2.65 bits per heavy atom. The maximum atomic E-state index is 5.88. The topological polar surface area (TPSA) is 55.0 Å². The van der Waals surface area contributed by atoms with Crippen molar-refractivity contribution in [3.63, 3.8) is 0 Å². The maximum Gasteiger partial charge on any atom is 0.162 e. The maximum absolute atomic E-state index is 5.88. The second-order valence-electron chi connectivity index (χ2n) is 4.78. The molecule has 2 rings (SSSR count). The Labute approximate surface area is 128 Å². The minimum atomic E-state index is 0.194. The van der Waals surface area contributed by atoms with Crippen molar-refractivity contribution in [2.24, 2.45) is 5.73 Å². The molecule has 0 bridgehead atoms. The number of rotatable bonds is 4. The summed E-state index contributed by atoms with van der Waals surface area (Å²) in [5.41, 5.74) is 8.55. The number of thiophene rings is 1. The van der Waals surface area contributed by atoms with Gasteiger partial charge in [-0.05, 0) is 37.8 Å². The zero-order valence-electron chi connectivity index (χ0n) is 12.0. The van der Waals surface area contributed by atoms with Crippen LogP contribution in [0.15, 0.2) is 17.5 Å². The zero-order chi connectivity index (χ0) is 14.9. The summed E-state index contributed by atoms with van der Waals surface area (Å²) in [4.78, 5) is 3.70. The highest BCUT2D eigenvalue weighted by Crippen LogP contribution is 2.30. The number of aromatic nitrogens is 2. The average Bonchev–Trinajstić information content (AvgIpc) is 2.93. The fourth-order valence-electron chi connectivity index (χ4n) is 2.04. The van der Waals surface area contributed by atoms with E-state index in [2.05, 4.69) is 33.5 Å². The van der Waals surface area contributed by atoms with E-state index >= 15 is 0 Å². The molecular formula is C14H18N4S2. The van der Waals surface area contributed by atoms with Gasteiger partial charge in [-0.25, -0.2) is 0 Å². The fourth-order valence-corrected chi connectivity index (χ4v) is 3.11. The van der Waals surface area contributed by atoms with Crippen molar-refractivity contribution in [1.82, 2.24) is 10.2 Å². The monoisotopic (exact) mass is 306 g/mol. The van der Waals surface area contributed by atoms with E-state index in [0.717, 1.165) is 22.6 Å². The molecule has 6 heteroatoms. The van der Waals surface area contributed by atoms with Gasteiger partial charge in [0.05, 0.1) is 17.3 Å². The minimum Gasteiger partial charge on any atom is -0.389 e. The lowest BCUT2D eigenvalue weighted by Gasteiger charge is -2.27. The van der Waals surface area contributed by atoms with Crippen molar-refractivity contribution in [2.45, 2.75) is 26.8 Å². The van der Waals surface area contributed by atoms with Crippen LogP contribution < -0.4 is 10.6 Å². The van der Waals surface area contributed by atoms with E-state index in [-0.39, 0.29) is 6.04 Å². The van der Waals surface area contributed by atoms with E-state index in [1.165, 1.54) is 4.88 Å². The van der Waals surface area contributed by atoms with Crippen molar-refractivity contribution >= 4 is 34.4 Å². The van der Waals surface area contributed by atoms with Gasteiger partial charge < -0.3 is 10.6 Å². The summed E-state index contributed by atoms with van der Waals surface area (Å²) in [6.45, 7) is 6.02. The van der Waals surface area contributed by atoms with Gasteiger partial charge >= 0.3 is 0 Å². The fraction of sp³-hybridized carbons (Fsp3) is 0.357. The van der Waals surface area contributed by atoms with Crippen molar-refractivity contribution in [1.29, 1.82) is 0 Å². The zero-order valence-corrected chi connectivity index (χ0v) is 13.7. The Hall–Kier alpha value is -1.53. The summed E-state index contributed by atoms with van der Waals surface area (Å²) in [7, 11) is 1.99. The number of hydrogen-bond donors (Lipinski definition) is 1. The standard InChI is InChI=1S/C14H18N4S2/c1-8-9(2)16-17-14(12(8)13(15)19)18(4)10(3)11-6-5-7-20-11/h5-7,10H,1-4H3,(H2,15,19). The molecule has 0 aliphatic rings. The molecular weight excluding hydrogens is 288 g/mol. The Bertz CT molecular complexity index is 622. The molecule has 20 heavy (non-hydrogen) atoms. The third-order valence-electron chi connectivity index (χ3n) is 3.55. The van der Waals surface area contributed by atoms with E-state index in [4.69, 9.17) is 18.0 Å². The van der Waals surface area contributed by atoms with Gasteiger partial charge in [0.25, 0.3) is 0 Å². The summed E-state index contributed by atoms with van der Waals surface area (Å²) in [6, 6.07) is 4.35. The van der Waals surface area contributed by atoms with Crippen LogP contribution in [0, 0.1) is 13.8 Å². The van der Waals surface area contributed by atoms with Gasteiger partial charge in [0.1, 0.15) is 4.99 Å². The van der Waals surface area contributed by atoms with Crippen molar-refractivity contribution in [2.75, 3.05) is 11.9 Å². The first-order chi connectivity index (χ1) is 9.43. The second-order valence-corrected chi connectivity index (χ2v) is 6.19. The lowest BCUT2D eigenvalue weighted by molar-refractivity contribution is 0.728. The van der Waals surface area contributed by atoms with Gasteiger partial charge in [-0.3, -0.25) is 0 Å². The first kappa shape index (κ1) is 14.9. The summed E-state index contributed by atoms with van der Waals surface area (Å²) >= 11 is 6.91. The van der Waals surface area contributed by atoms with E-state index in [9.17, 15) is 0 Å². The van der Waals surface area contributed by atoms with E-state index in [1.807, 2.05) is 27.0 Å². The summed E-state index contributed by atoms with van der Waals surface area (Å²) < 4.78 is 0. The van der Waals surface area contributed by atoms with E-state index in [0.29, 0.717) is 4.99 Å². The number of aryl methyl sites for hydroxylation is 1. The molecule has 0 aliphatic heterocycles. The molecule has 4 nitrogen and oxygen atoms in total. The molecule has 1 atom stereocenters. The van der Waals surface area contributed by atoms with Gasteiger partial charge in [-0.15, -0.1) is 16.4 Å². The van der Waals surface area contributed by atoms with Crippen LogP contribution in [0.2, 0.25) is 0 Å². The predicted octanol–water partition coefficient (Wildman–Crippen LogP) is 2.99. The first-order valence-electron chi connectivity index (χ1n) is 6.33. The van der Waals surface area contributed by atoms with Gasteiger partial charge in [-0.2, -0.15) is 5.10 Å². The molecule has 0 fully saturated rings. The molecule has 0 saturated carbocycles. The number of nitrogens with two attached hydrogens (primary N) is 1. The second kappa shape index (κ2) is 5.85. The van der Waals surface area contributed by atoms with Crippen LogP contribution in [0.1, 0.15) is 34.7 Å². The molecule has 2 N–H and O–H groups in total. The van der Waals surface area contributed by atoms with Crippen LogP contribution >= 0.6 is 23.6 Å².